The molecule has 1 aliphatic rings. The SMILES string of the molecule is O=C1COC(CO)CCN1. The number of carbonyl (C=O) groups is 1. The molecule has 0 saturated carbocycles. The molecule has 58 valence electrons. The molecule has 0 aromatic carbocycles. The third kappa shape index (κ3) is 1.97. The van der Waals surface area contributed by atoms with E-state index < -0.39 is 0 Å². The van der Waals surface area contributed by atoms with Crippen LogP contribution < -0.4 is 5.32 Å². The molecule has 2 N–H and O–H groups in total. The molecule has 1 rings (SSSR count). The van der Waals surface area contributed by atoms with E-state index in [1.54, 1.807) is 0 Å². The van der Waals surface area contributed by atoms with Crippen molar-refractivity contribution in [1.82, 2.24) is 5.32 Å². The number of amides is 1. The van der Waals surface area contributed by atoms with Gasteiger partial charge < -0.3 is 15.2 Å². The smallest absolute Gasteiger partial charge is 0.246 e. The number of aliphatic hydroxyl groups is 1. The molecule has 4 nitrogen and oxygen atoms in total. The van der Waals surface area contributed by atoms with Crippen LogP contribution in [-0.4, -0.2) is 36.9 Å². The molecule has 0 radical (unpaired) electrons. The first-order valence-corrected chi connectivity index (χ1v) is 3.32. The molecule has 0 spiro atoms. The molecule has 0 aromatic rings. The first-order valence-electron chi connectivity index (χ1n) is 3.32. The first kappa shape index (κ1) is 7.50. The van der Waals surface area contributed by atoms with Gasteiger partial charge in [0.1, 0.15) is 6.61 Å². The average molecular weight is 145 g/mol. The highest BCUT2D eigenvalue weighted by Gasteiger charge is 2.14. The van der Waals surface area contributed by atoms with Crippen LogP contribution in [0, 0.1) is 0 Å². The summed E-state index contributed by atoms with van der Waals surface area (Å²) in [4.78, 5) is 10.6. The third-order valence-electron chi connectivity index (χ3n) is 1.44. The summed E-state index contributed by atoms with van der Waals surface area (Å²) in [6.07, 6.45) is 0.529. The van der Waals surface area contributed by atoms with Gasteiger partial charge in [0.15, 0.2) is 0 Å². The molecule has 1 heterocycles. The Bertz CT molecular complexity index is 126. The Hall–Kier alpha value is -0.610. The van der Waals surface area contributed by atoms with Crippen molar-refractivity contribution in [3.05, 3.63) is 0 Å². The van der Waals surface area contributed by atoms with Gasteiger partial charge in [0.25, 0.3) is 0 Å². The molecule has 10 heavy (non-hydrogen) atoms. The van der Waals surface area contributed by atoms with Crippen LogP contribution in [0.1, 0.15) is 6.42 Å². The highest BCUT2D eigenvalue weighted by molar-refractivity contribution is 5.77. The summed E-state index contributed by atoms with van der Waals surface area (Å²) in [6, 6.07) is 0. The van der Waals surface area contributed by atoms with E-state index in [0.29, 0.717) is 13.0 Å². The first-order chi connectivity index (χ1) is 4.83. The predicted octanol–water partition coefficient (Wildman–Crippen LogP) is -1.12. The minimum absolute atomic E-state index is 0.00500. The van der Waals surface area contributed by atoms with Crippen LogP contribution in [0.4, 0.5) is 0 Å². The predicted molar refractivity (Wildman–Crippen MR) is 34.5 cm³/mol. The van der Waals surface area contributed by atoms with Crippen LogP contribution in [0.15, 0.2) is 0 Å². The highest BCUT2D eigenvalue weighted by Crippen LogP contribution is 1.99. The normalized spacial score (nSPS) is 27.3. The Labute approximate surface area is 59.2 Å². The second-order valence-electron chi connectivity index (χ2n) is 2.25. The van der Waals surface area contributed by atoms with Crippen molar-refractivity contribution in [2.75, 3.05) is 19.8 Å². The lowest BCUT2D eigenvalue weighted by Gasteiger charge is -2.08. The second-order valence-corrected chi connectivity index (χ2v) is 2.25. The quantitative estimate of drug-likeness (QED) is 0.491. The van der Waals surface area contributed by atoms with E-state index in [1.165, 1.54) is 0 Å². The summed E-state index contributed by atoms with van der Waals surface area (Å²) in [7, 11) is 0. The molecule has 1 aliphatic heterocycles. The van der Waals surface area contributed by atoms with E-state index >= 15 is 0 Å². The van der Waals surface area contributed by atoms with Crippen LogP contribution in [-0.2, 0) is 9.53 Å². The van der Waals surface area contributed by atoms with Crippen molar-refractivity contribution in [1.29, 1.82) is 0 Å². The van der Waals surface area contributed by atoms with Crippen LogP contribution in [0.5, 0.6) is 0 Å². The third-order valence-corrected chi connectivity index (χ3v) is 1.44. The minimum Gasteiger partial charge on any atom is -0.394 e. The van der Waals surface area contributed by atoms with E-state index in [0.717, 1.165) is 0 Å². The summed E-state index contributed by atoms with van der Waals surface area (Å²) in [6.45, 7) is 0.671. The molecule has 1 fully saturated rings. The Kier molecular flexibility index (Phi) is 2.65. The van der Waals surface area contributed by atoms with Crippen molar-refractivity contribution < 1.29 is 14.6 Å². The molecule has 1 saturated heterocycles. The molecule has 1 atom stereocenters. The average Bonchev–Trinajstić information content (AvgIpc) is 2.14. The number of ether oxygens (including phenoxy) is 1. The van der Waals surface area contributed by atoms with E-state index in [9.17, 15) is 4.79 Å². The van der Waals surface area contributed by atoms with Gasteiger partial charge in [0.05, 0.1) is 12.7 Å². The zero-order valence-corrected chi connectivity index (χ0v) is 5.67. The Morgan fingerprint density at radius 3 is 3.30 bits per heavy atom. The molecular weight excluding hydrogens is 134 g/mol. The molecule has 1 unspecified atom stereocenters. The summed E-state index contributed by atoms with van der Waals surface area (Å²) in [5.74, 6) is -0.101. The van der Waals surface area contributed by atoms with Gasteiger partial charge in [0, 0.05) is 6.54 Å². The number of aliphatic hydroxyl groups excluding tert-OH is 1. The van der Waals surface area contributed by atoms with Gasteiger partial charge in [-0.1, -0.05) is 0 Å². The standard InChI is InChI=1S/C6H11NO3/c8-3-5-1-2-7-6(9)4-10-5/h5,8H,1-4H2,(H,7,9). The maximum absolute atomic E-state index is 10.6. The summed E-state index contributed by atoms with van der Waals surface area (Å²) < 4.78 is 5.00. The molecule has 0 aromatic heterocycles. The van der Waals surface area contributed by atoms with Crippen molar-refractivity contribution in [3.8, 4) is 0 Å². The van der Waals surface area contributed by atoms with E-state index in [-0.39, 0.29) is 25.2 Å². The number of hydrogen-bond acceptors (Lipinski definition) is 3. The van der Waals surface area contributed by atoms with Gasteiger partial charge in [-0.2, -0.15) is 0 Å². The highest BCUT2D eigenvalue weighted by atomic mass is 16.5. The Balaban J connectivity index is 2.33. The molecular formula is C6H11NO3. The van der Waals surface area contributed by atoms with E-state index in [2.05, 4.69) is 5.32 Å². The monoisotopic (exact) mass is 145 g/mol. The van der Waals surface area contributed by atoms with Crippen LogP contribution in [0.25, 0.3) is 0 Å². The van der Waals surface area contributed by atoms with Gasteiger partial charge in [-0.05, 0) is 6.42 Å². The maximum Gasteiger partial charge on any atom is 0.246 e. The molecule has 1 amide bonds. The molecule has 4 heteroatoms. The van der Waals surface area contributed by atoms with Crippen LogP contribution >= 0.6 is 0 Å². The van der Waals surface area contributed by atoms with Crippen molar-refractivity contribution in [2.45, 2.75) is 12.5 Å². The second kappa shape index (κ2) is 3.53. The van der Waals surface area contributed by atoms with Crippen molar-refractivity contribution >= 4 is 5.91 Å². The van der Waals surface area contributed by atoms with Gasteiger partial charge >= 0.3 is 0 Å². The van der Waals surface area contributed by atoms with E-state index in [4.69, 9.17) is 9.84 Å². The lowest BCUT2D eigenvalue weighted by Crippen LogP contribution is -2.24. The zero-order valence-electron chi connectivity index (χ0n) is 5.67. The minimum atomic E-state index is -0.168. The van der Waals surface area contributed by atoms with Crippen molar-refractivity contribution in [2.24, 2.45) is 0 Å². The zero-order chi connectivity index (χ0) is 7.40. The lowest BCUT2D eigenvalue weighted by molar-refractivity contribution is -0.126. The van der Waals surface area contributed by atoms with Gasteiger partial charge in [-0.15, -0.1) is 0 Å². The summed E-state index contributed by atoms with van der Waals surface area (Å²) in [5, 5.41) is 11.3. The van der Waals surface area contributed by atoms with Gasteiger partial charge in [-0.3, -0.25) is 4.79 Å². The number of nitrogens with one attached hydrogen (secondary N) is 1. The largest absolute Gasteiger partial charge is 0.394 e. The number of carbonyl (C=O) groups excluding carboxylic acids is 1. The van der Waals surface area contributed by atoms with Gasteiger partial charge in [0.2, 0.25) is 5.91 Å². The topological polar surface area (TPSA) is 58.6 Å². The fraction of sp³-hybridized carbons (Fsp3) is 0.833. The fourth-order valence-corrected chi connectivity index (χ4v) is 0.844. The summed E-state index contributed by atoms with van der Waals surface area (Å²) >= 11 is 0. The van der Waals surface area contributed by atoms with Crippen LogP contribution in [0.2, 0.25) is 0 Å². The summed E-state index contributed by atoms with van der Waals surface area (Å²) in [5.41, 5.74) is 0. The Morgan fingerprint density at radius 2 is 2.60 bits per heavy atom. The van der Waals surface area contributed by atoms with Crippen LogP contribution in [0.3, 0.4) is 0 Å². The van der Waals surface area contributed by atoms with E-state index in [1.807, 2.05) is 0 Å². The number of rotatable bonds is 1. The van der Waals surface area contributed by atoms with Crippen molar-refractivity contribution in [3.63, 3.8) is 0 Å². The maximum atomic E-state index is 10.6. The molecule has 0 bridgehead atoms. The number of hydrogen-bond donors (Lipinski definition) is 2. The fourth-order valence-electron chi connectivity index (χ4n) is 0.844. The molecule has 0 aliphatic carbocycles. The lowest BCUT2D eigenvalue weighted by atomic mass is 10.3. The van der Waals surface area contributed by atoms with Gasteiger partial charge in [-0.25, -0.2) is 0 Å². The Morgan fingerprint density at radius 1 is 1.80 bits per heavy atom.